The Kier molecular flexibility index (Phi) is 18.9. The Balaban J connectivity index is 1.49. The highest BCUT2D eigenvalue weighted by molar-refractivity contribution is 6.31. The molecule has 4 atom stereocenters. The van der Waals surface area contributed by atoms with E-state index in [1.807, 2.05) is 29.2 Å². The number of benzene rings is 2. The fraction of sp³-hybridized carbons (Fsp3) is 0.526. The second-order valence-corrected chi connectivity index (χ2v) is 13.8. The molecule has 292 valence electrons. The molecule has 0 aliphatic rings. The lowest BCUT2D eigenvalue weighted by atomic mass is 9.95. The number of nitrogen functional groups attached to an aromatic ring is 2. The topological polar surface area (TPSA) is 232 Å². The highest BCUT2D eigenvalue weighted by atomic mass is 35.5. The fourth-order valence-corrected chi connectivity index (χ4v) is 6.01. The maximum absolute atomic E-state index is 12.9. The van der Waals surface area contributed by atoms with Crippen LogP contribution in [-0.2, 0) is 12.8 Å². The van der Waals surface area contributed by atoms with Crippen LogP contribution in [0.3, 0.4) is 0 Å². The lowest BCUT2D eigenvalue weighted by Crippen LogP contribution is -2.47. The number of nitrogens with two attached hydrogens (primary N) is 2. The summed E-state index contributed by atoms with van der Waals surface area (Å²) in [4.78, 5) is 35.7. The van der Waals surface area contributed by atoms with E-state index >= 15 is 0 Å². The van der Waals surface area contributed by atoms with Crippen LogP contribution < -0.4 is 27.4 Å². The zero-order valence-corrected chi connectivity index (χ0v) is 31.6. The number of rotatable bonds is 24. The standard InChI is InChI=1S/C38H57ClN8O6/c1-3-4-5-8-18-47(23-30(49)33(51)31(50)24-48)19-17-43-37(52)28-13-11-26(12-14-28)15-16-42-21-27(20-29-10-7-6-9-25(29)2)22-44-38(53)32-35(40)46-36(41)34(39)45-32/h6-7,9-14,27,30-31,33,42,48-51H,3-5,8,15-24H2,1-2H3,(H,43,52)(H,44,53)(H4,40,41,46)/t27-,30?,31?,33-/m1/s1. The van der Waals surface area contributed by atoms with E-state index in [0.717, 1.165) is 44.1 Å². The van der Waals surface area contributed by atoms with Crippen LogP contribution in [0.5, 0.6) is 0 Å². The number of aliphatic hydroxyl groups excluding tert-OH is 4. The van der Waals surface area contributed by atoms with Gasteiger partial charge in [0.15, 0.2) is 22.5 Å². The molecule has 2 unspecified atom stereocenters. The van der Waals surface area contributed by atoms with Gasteiger partial charge in [-0.3, -0.25) is 14.5 Å². The first-order valence-electron chi connectivity index (χ1n) is 18.3. The summed E-state index contributed by atoms with van der Waals surface area (Å²) < 4.78 is 0. The first-order valence-corrected chi connectivity index (χ1v) is 18.7. The third-order valence-corrected chi connectivity index (χ3v) is 9.42. The Morgan fingerprint density at radius 3 is 2.30 bits per heavy atom. The van der Waals surface area contributed by atoms with Crippen LogP contribution in [0.15, 0.2) is 48.5 Å². The molecule has 0 aliphatic heterocycles. The number of aromatic nitrogens is 2. The molecule has 3 rings (SSSR count). The summed E-state index contributed by atoms with van der Waals surface area (Å²) in [5.74, 6) is -0.776. The molecular formula is C38H57ClN8O6. The molecule has 15 heteroatoms. The minimum Gasteiger partial charge on any atom is -0.394 e. The van der Waals surface area contributed by atoms with Crippen molar-refractivity contribution >= 4 is 35.1 Å². The number of unbranched alkanes of at least 4 members (excludes halogenated alkanes) is 3. The van der Waals surface area contributed by atoms with E-state index in [4.69, 9.17) is 28.2 Å². The van der Waals surface area contributed by atoms with Crippen molar-refractivity contribution in [3.05, 3.63) is 81.6 Å². The molecule has 0 aliphatic carbocycles. The Labute approximate surface area is 317 Å². The SMILES string of the molecule is CCCCCCN(CCNC(=O)c1ccc(CCNC[C@H](CNC(=O)c2nc(Cl)c(N)nc2N)Cc2ccccc2C)cc1)CC(O)[C@@H](O)C(O)CO. The molecule has 3 aromatic rings. The predicted octanol–water partition coefficient (Wildman–Crippen LogP) is 1.71. The number of hydrogen-bond acceptors (Lipinski definition) is 12. The van der Waals surface area contributed by atoms with E-state index in [1.165, 1.54) is 11.1 Å². The first-order chi connectivity index (χ1) is 25.4. The minimum absolute atomic E-state index is 0.0404. The summed E-state index contributed by atoms with van der Waals surface area (Å²) in [5, 5.41) is 48.6. The number of amides is 2. The van der Waals surface area contributed by atoms with Crippen molar-refractivity contribution in [1.82, 2.24) is 30.8 Å². The summed E-state index contributed by atoms with van der Waals surface area (Å²) in [5.41, 5.74) is 15.4. The van der Waals surface area contributed by atoms with Crippen LogP contribution >= 0.6 is 11.6 Å². The fourth-order valence-electron chi connectivity index (χ4n) is 5.88. The number of carbonyl (C=O) groups is 2. The maximum atomic E-state index is 12.9. The van der Waals surface area contributed by atoms with E-state index in [0.29, 0.717) is 44.8 Å². The van der Waals surface area contributed by atoms with Gasteiger partial charge in [0.25, 0.3) is 11.8 Å². The van der Waals surface area contributed by atoms with Crippen LogP contribution in [0.1, 0.15) is 70.1 Å². The molecule has 0 bridgehead atoms. The van der Waals surface area contributed by atoms with Gasteiger partial charge in [-0.1, -0.05) is 74.2 Å². The Bertz CT molecular complexity index is 1570. The van der Waals surface area contributed by atoms with Gasteiger partial charge in [0.1, 0.15) is 12.2 Å². The smallest absolute Gasteiger partial charge is 0.273 e. The number of anilines is 2. The van der Waals surface area contributed by atoms with Gasteiger partial charge in [0.2, 0.25) is 0 Å². The molecule has 53 heavy (non-hydrogen) atoms. The largest absolute Gasteiger partial charge is 0.394 e. The van der Waals surface area contributed by atoms with Gasteiger partial charge in [-0.05, 0) is 80.6 Å². The Morgan fingerprint density at radius 1 is 0.868 bits per heavy atom. The number of aliphatic hydroxyl groups is 4. The number of nitrogens with zero attached hydrogens (tertiary/aromatic N) is 3. The van der Waals surface area contributed by atoms with Gasteiger partial charge in [-0.2, -0.15) is 0 Å². The van der Waals surface area contributed by atoms with Crippen molar-refractivity contribution in [1.29, 1.82) is 0 Å². The van der Waals surface area contributed by atoms with Gasteiger partial charge in [0, 0.05) is 31.7 Å². The van der Waals surface area contributed by atoms with E-state index in [2.05, 4.69) is 51.9 Å². The molecule has 0 fully saturated rings. The number of nitrogens with one attached hydrogen (secondary N) is 3. The van der Waals surface area contributed by atoms with Crippen LogP contribution in [0.4, 0.5) is 11.6 Å². The summed E-state index contributed by atoms with van der Waals surface area (Å²) >= 11 is 5.97. The molecule has 11 N–H and O–H groups in total. The van der Waals surface area contributed by atoms with Crippen LogP contribution in [0.25, 0.3) is 0 Å². The van der Waals surface area contributed by atoms with Crippen molar-refractivity contribution in [2.75, 3.05) is 63.9 Å². The zero-order chi connectivity index (χ0) is 38.8. The first kappa shape index (κ1) is 43.5. The van der Waals surface area contributed by atoms with Crippen molar-refractivity contribution in [2.45, 2.75) is 70.7 Å². The summed E-state index contributed by atoms with van der Waals surface area (Å²) in [6.45, 7) is 6.77. The Morgan fingerprint density at radius 2 is 1.60 bits per heavy atom. The average Bonchev–Trinajstić information content (AvgIpc) is 3.15. The molecule has 0 spiro atoms. The second kappa shape index (κ2) is 23.0. The van der Waals surface area contributed by atoms with Crippen molar-refractivity contribution in [3.63, 3.8) is 0 Å². The normalized spacial score (nSPS) is 13.7. The van der Waals surface area contributed by atoms with Gasteiger partial charge < -0.3 is 47.8 Å². The quantitative estimate of drug-likeness (QED) is 0.0595. The number of hydrogen-bond donors (Lipinski definition) is 9. The molecular weight excluding hydrogens is 700 g/mol. The number of aryl methyl sites for hydroxylation is 1. The Hall–Kier alpha value is -3.89. The van der Waals surface area contributed by atoms with Gasteiger partial charge in [-0.25, -0.2) is 9.97 Å². The molecule has 0 saturated heterocycles. The maximum Gasteiger partial charge on any atom is 0.273 e. The zero-order valence-electron chi connectivity index (χ0n) is 30.8. The molecule has 0 radical (unpaired) electrons. The monoisotopic (exact) mass is 756 g/mol. The predicted molar refractivity (Wildman–Crippen MR) is 208 cm³/mol. The highest BCUT2D eigenvalue weighted by Crippen LogP contribution is 2.18. The van der Waals surface area contributed by atoms with E-state index in [1.54, 1.807) is 12.1 Å². The highest BCUT2D eigenvalue weighted by Gasteiger charge is 2.26. The molecule has 2 aromatic carbocycles. The lowest BCUT2D eigenvalue weighted by Gasteiger charge is -2.29. The van der Waals surface area contributed by atoms with Gasteiger partial charge in [0.05, 0.1) is 12.7 Å². The number of carbonyl (C=O) groups excluding carboxylic acids is 2. The third kappa shape index (κ3) is 14.8. The van der Waals surface area contributed by atoms with Crippen molar-refractivity contribution in [2.24, 2.45) is 5.92 Å². The van der Waals surface area contributed by atoms with Crippen molar-refractivity contribution < 1.29 is 30.0 Å². The third-order valence-electron chi connectivity index (χ3n) is 9.14. The summed E-state index contributed by atoms with van der Waals surface area (Å²) in [7, 11) is 0. The van der Waals surface area contributed by atoms with E-state index in [-0.39, 0.29) is 40.9 Å². The van der Waals surface area contributed by atoms with Gasteiger partial charge in [-0.15, -0.1) is 0 Å². The second-order valence-electron chi connectivity index (χ2n) is 13.4. The molecule has 14 nitrogen and oxygen atoms in total. The van der Waals surface area contributed by atoms with Crippen LogP contribution in [0, 0.1) is 12.8 Å². The van der Waals surface area contributed by atoms with Crippen LogP contribution in [-0.4, -0.2) is 118 Å². The molecule has 1 heterocycles. The summed E-state index contributed by atoms with van der Waals surface area (Å²) in [6.07, 6.45) is 1.44. The van der Waals surface area contributed by atoms with Crippen LogP contribution in [0.2, 0.25) is 5.15 Å². The average molecular weight is 757 g/mol. The van der Waals surface area contributed by atoms with E-state index in [9.17, 15) is 24.9 Å². The van der Waals surface area contributed by atoms with E-state index < -0.39 is 30.8 Å². The van der Waals surface area contributed by atoms with Gasteiger partial charge >= 0.3 is 0 Å². The minimum atomic E-state index is -1.47. The van der Waals surface area contributed by atoms with Crippen molar-refractivity contribution in [3.8, 4) is 0 Å². The number of halogens is 1. The molecule has 1 aromatic heterocycles. The lowest BCUT2D eigenvalue weighted by molar-refractivity contribution is -0.0840. The summed E-state index contributed by atoms with van der Waals surface area (Å²) in [6, 6.07) is 15.6. The molecule has 0 saturated carbocycles. The molecule has 2 amide bonds.